The number of hydrogen-bond acceptors (Lipinski definition) is 6. The number of aliphatic hydroxyl groups is 3. The maximum Gasteiger partial charge on any atom is 0.141 e. The van der Waals surface area contributed by atoms with Crippen molar-refractivity contribution in [2.75, 3.05) is 0 Å². The molecule has 0 aliphatic carbocycles. The van der Waals surface area contributed by atoms with Gasteiger partial charge in [0.2, 0.25) is 0 Å². The fraction of sp³-hybridized carbons (Fsp3) is 0.486. The Morgan fingerprint density at radius 2 is 1.18 bits per heavy atom. The lowest BCUT2D eigenvalue weighted by Crippen LogP contribution is -2.56. The summed E-state index contributed by atoms with van der Waals surface area (Å²) in [6.45, 7) is 16.6. The molecule has 0 fully saturated rings. The van der Waals surface area contributed by atoms with Crippen molar-refractivity contribution in [1.82, 2.24) is 4.98 Å². The molecule has 4 N–H and O–H groups in total. The van der Waals surface area contributed by atoms with Crippen molar-refractivity contribution in [1.29, 1.82) is 0 Å². The normalized spacial score (nSPS) is 25.8. The number of aromatic amines is 1. The molecule has 1 aromatic rings. The summed E-state index contributed by atoms with van der Waals surface area (Å²) in [7, 11) is 0. The van der Waals surface area contributed by atoms with Crippen LogP contribution >= 0.6 is 0 Å². The third kappa shape index (κ3) is 4.50. The predicted molar refractivity (Wildman–Crippen MR) is 182 cm³/mol. The maximum atomic E-state index is 12.3. The van der Waals surface area contributed by atoms with Crippen molar-refractivity contribution in [3.63, 3.8) is 0 Å². The number of nitrogens with one attached hydrogen (secondary N) is 1. The smallest absolute Gasteiger partial charge is 0.141 e. The fourth-order valence-electron chi connectivity index (χ4n) is 7.67. The summed E-state index contributed by atoms with van der Waals surface area (Å²) in [5, 5.41) is 35.4. The summed E-state index contributed by atoms with van der Waals surface area (Å²) in [6, 6.07) is 0. The molecule has 1 aromatic heterocycles. The molecule has 0 saturated heterocycles. The van der Waals surface area contributed by atoms with Crippen molar-refractivity contribution in [2.45, 2.75) is 118 Å². The van der Waals surface area contributed by atoms with Crippen LogP contribution in [-0.4, -0.2) is 48.6 Å². The van der Waals surface area contributed by atoms with Gasteiger partial charge in [-0.3, -0.25) is 4.99 Å². The lowest BCUT2D eigenvalue weighted by atomic mass is 9.73. The van der Waals surface area contributed by atoms with Crippen LogP contribution in [0.2, 0.25) is 0 Å². The van der Waals surface area contributed by atoms with Crippen LogP contribution in [0.3, 0.4) is 0 Å². The van der Waals surface area contributed by atoms with Gasteiger partial charge in [-0.15, -0.1) is 0 Å². The maximum absolute atomic E-state index is 12.3. The van der Waals surface area contributed by atoms with E-state index in [1.54, 1.807) is 0 Å². The molecular weight excluding hydrogens is 548 g/mol. The van der Waals surface area contributed by atoms with Crippen LogP contribution in [0.25, 0.3) is 12.2 Å². The second-order valence-corrected chi connectivity index (χ2v) is 11.9. The van der Waals surface area contributed by atoms with E-state index in [4.69, 9.17) is 15.0 Å². The van der Waals surface area contributed by atoms with Crippen LogP contribution in [0.1, 0.15) is 116 Å². The van der Waals surface area contributed by atoms with E-state index in [1.165, 1.54) is 16.7 Å². The monoisotopic (exact) mass is 596 g/mol. The summed E-state index contributed by atoms with van der Waals surface area (Å²) < 4.78 is 0. The number of fused-ring (bicyclic) bond motifs is 5. The van der Waals surface area contributed by atoms with Crippen LogP contribution in [0.5, 0.6) is 0 Å². The van der Waals surface area contributed by atoms with E-state index in [0.29, 0.717) is 23.4 Å². The highest BCUT2D eigenvalue weighted by molar-refractivity contribution is 6.34. The lowest BCUT2D eigenvalue weighted by Gasteiger charge is -2.38. The van der Waals surface area contributed by atoms with Crippen molar-refractivity contribution in [2.24, 2.45) is 15.0 Å². The van der Waals surface area contributed by atoms with Gasteiger partial charge in [0.25, 0.3) is 0 Å². The van der Waals surface area contributed by atoms with Crippen molar-refractivity contribution < 1.29 is 15.3 Å². The first-order chi connectivity index (χ1) is 21.1. The zero-order valence-corrected chi connectivity index (χ0v) is 27.6. The Morgan fingerprint density at radius 1 is 0.636 bits per heavy atom. The van der Waals surface area contributed by atoms with E-state index in [-0.39, 0.29) is 18.6 Å². The number of aromatic nitrogens is 1. The Kier molecular flexibility index (Phi) is 8.76. The summed E-state index contributed by atoms with van der Waals surface area (Å²) in [6.07, 6.45) is 12.4. The number of H-pyrrole nitrogens is 1. The third-order valence-corrected chi connectivity index (χ3v) is 10.1. The number of aliphatic imine (C=N–C) groups is 3. The molecule has 4 aliphatic heterocycles. The molecule has 44 heavy (non-hydrogen) atoms. The molecule has 2 unspecified atom stereocenters. The molecule has 0 amide bonds. The molecule has 0 aromatic carbocycles. The SMILES string of the molecule is CCC1=C(CC)C2=NC1=Cc1[nH]c(c(CC)c1CC)C=C1N=C(/C(=C/O)C3=NC(=C2)C(CC)=C3CC)C(O)(CC)C1(O)CC. The average Bonchev–Trinajstić information content (AvgIpc) is 3.72. The first-order valence-electron chi connectivity index (χ1n) is 16.6. The number of allylic oxidation sites excluding steroid dienone is 5. The van der Waals surface area contributed by atoms with Crippen LogP contribution in [-0.2, 0) is 12.8 Å². The lowest BCUT2D eigenvalue weighted by molar-refractivity contribution is -0.0814. The Balaban J connectivity index is 1.94. The topological polar surface area (TPSA) is 114 Å². The quantitative estimate of drug-likeness (QED) is 0.228. The van der Waals surface area contributed by atoms with Gasteiger partial charge >= 0.3 is 0 Å². The van der Waals surface area contributed by atoms with Crippen molar-refractivity contribution in [3.8, 4) is 0 Å². The molecular formula is C37H48N4O3. The van der Waals surface area contributed by atoms with Gasteiger partial charge in [0.15, 0.2) is 0 Å². The molecule has 0 saturated carbocycles. The molecule has 4 aliphatic rings. The van der Waals surface area contributed by atoms with Crippen LogP contribution in [0.4, 0.5) is 0 Å². The highest BCUT2D eigenvalue weighted by Gasteiger charge is 2.59. The molecule has 5 heterocycles. The predicted octanol–water partition coefficient (Wildman–Crippen LogP) is 8.04. The van der Waals surface area contributed by atoms with Crippen molar-refractivity contribution >= 4 is 29.3 Å². The van der Waals surface area contributed by atoms with Crippen molar-refractivity contribution in [3.05, 3.63) is 79.8 Å². The number of nitrogens with zero attached hydrogens (tertiary/aromatic N) is 3. The average molecular weight is 597 g/mol. The number of aliphatic hydroxyl groups excluding tert-OH is 1. The van der Waals surface area contributed by atoms with Gasteiger partial charge in [-0.25, -0.2) is 9.98 Å². The first-order valence-corrected chi connectivity index (χ1v) is 16.6. The van der Waals surface area contributed by atoms with E-state index in [1.807, 2.05) is 19.9 Å². The molecule has 234 valence electrons. The molecule has 2 atom stereocenters. The zero-order valence-electron chi connectivity index (χ0n) is 27.6. The van der Waals surface area contributed by atoms with Gasteiger partial charge in [-0.2, -0.15) is 0 Å². The van der Waals surface area contributed by atoms with Crippen LogP contribution in [0.15, 0.2) is 72.3 Å². The van der Waals surface area contributed by atoms with Crippen LogP contribution < -0.4 is 0 Å². The van der Waals surface area contributed by atoms with E-state index < -0.39 is 11.2 Å². The van der Waals surface area contributed by atoms with E-state index in [2.05, 4.69) is 58.7 Å². The molecule has 7 nitrogen and oxygen atoms in total. The standard InChI is InChI=1S/C37H48N4O3/c1-9-21-22(10-2)30-18-31-25(13-5)26(14-6)34(40-31)27(20-42)35-37(44,16-8)36(43,15-7)33(41-35)19-32-24(12-4)23(11-3)29(39-32)17-28(21)38-30/h17-20,39,42-44H,9-16H2,1-8H3/b27-20+,28-17?,31-18?,33-19?. The first kappa shape index (κ1) is 31.9. The summed E-state index contributed by atoms with van der Waals surface area (Å²) in [4.78, 5) is 19.0. The molecule has 5 rings (SSSR count). The molecule has 0 radical (unpaired) electrons. The minimum atomic E-state index is -1.73. The second-order valence-electron chi connectivity index (χ2n) is 11.9. The minimum absolute atomic E-state index is 0.205. The molecule has 0 spiro atoms. The summed E-state index contributed by atoms with van der Waals surface area (Å²) in [5.41, 5.74) is 9.66. The Morgan fingerprint density at radius 3 is 1.70 bits per heavy atom. The van der Waals surface area contributed by atoms with Crippen LogP contribution in [0, 0.1) is 0 Å². The highest BCUT2D eigenvalue weighted by atomic mass is 16.4. The van der Waals surface area contributed by atoms with E-state index in [0.717, 1.165) is 83.6 Å². The van der Waals surface area contributed by atoms with Gasteiger partial charge in [-0.1, -0.05) is 55.4 Å². The van der Waals surface area contributed by atoms with Gasteiger partial charge in [0, 0.05) is 11.4 Å². The minimum Gasteiger partial charge on any atom is -0.515 e. The third-order valence-electron chi connectivity index (χ3n) is 10.1. The molecule has 7 heteroatoms. The number of rotatable bonds is 8. The second kappa shape index (κ2) is 12.1. The molecule has 8 bridgehead atoms. The zero-order chi connectivity index (χ0) is 32.0. The fourth-order valence-corrected chi connectivity index (χ4v) is 7.67. The van der Waals surface area contributed by atoms with Gasteiger partial charge < -0.3 is 20.3 Å². The summed E-state index contributed by atoms with van der Waals surface area (Å²) >= 11 is 0. The summed E-state index contributed by atoms with van der Waals surface area (Å²) in [5.74, 6) is 0. The van der Waals surface area contributed by atoms with E-state index in [9.17, 15) is 15.3 Å². The largest absolute Gasteiger partial charge is 0.515 e. The van der Waals surface area contributed by atoms with E-state index >= 15 is 0 Å². The Hall–Kier alpha value is -3.55. The van der Waals surface area contributed by atoms with Gasteiger partial charge in [-0.05, 0) is 103 Å². The highest BCUT2D eigenvalue weighted by Crippen LogP contribution is 2.47. The van der Waals surface area contributed by atoms with Gasteiger partial charge in [0.05, 0.1) is 46.1 Å². The number of hydrogen-bond donors (Lipinski definition) is 4. The Labute approximate surface area is 262 Å². The van der Waals surface area contributed by atoms with Gasteiger partial charge in [0.1, 0.15) is 11.2 Å². The Bertz CT molecular complexity index is 1670.